The fourth-order valence-electron chi connectivity index (χ4n) is 5.21. The van der Waals surface area contributed by atoms with Gasteiger partial charge in [0.05, 0.1) is 44.4 Å². The number of ether oxygens (including phenoxy) is 2. The fourth-order valence-corrected chi connectivity index (χ4v) is 5.70. The van der Waals surface area contributed by atoms with E-state index in [9.17, 15) is 23.1 Å². The van der Waals surface area contributed by atoms with Crippen molar-refractivity contribution in [2.45, 2.75) is 38.1 Å². The van der Waals surface area contributed by atoms with Gasteiger partial charge in [0.25, 0.3) is 11.8 Å². The molecular formula is C37H44N4O7S. The highest BCUT2D eigenvalue weighted by molar-refractivity contribution is 7.92. The standard InChI is InChI=1S/C37H44N4O7S/c1-25(28-14-10-16-33(22-28)48-4)39-36(43)29-19-30(21-31(20-29)41(2)49(5,45)46)37(44)40-34(18-26-11-7-6-8-12-26)35(42)24-38-23-27-13-9-15-32(17-27)47-3/h6-17,19-22,25,34-35,38,42H,18,23-24H2,1-5H3,(H,39,43)(H,40,44). The summed E-state index contributed by atoms with van der Waals surface area (Å²) in [7, 11) is 0.775. The number of nitrogens with one attached hydrogen (secondary N) is 3. The van der Waals surface area contributed by atoms with Crippen LogP contribution in [0.15, 0.2) is 97.1 Å². The average molecular weight is 689 g/mol. The minimum Gasteiger partial charge on any atom is -0.497 e. The first-order chi connectivity index (χ1) is 23.4. The summed E-state index contributed by atoms with van der Waals surface area (Å²) >= 11 is 0. The highest BCUT2D eigenvalue weighted by atomic mass is 32.2. The second-order valence-corrected chi connectivity index (χ2v) is 13.8. The van der Waals surface area contributed by atoms with Gasteiger partial charge in [0.2, 0.25) is 10.0 Å². The number of nitrogens with zero attached hydrogens (tertiary/aromatic N) is 1. The second-order valence-electron chi connectivity index (χ2n) is 11.8. The Morgan fingerprint density at radius 3 is 2.02 bits per heavy atom. The first kappa shape index (κ1) is 36.9. The van der Waals surface area contributed by atoms with Crippen LogP contribution in [-0.2, 0) is 23.0 Å². The Hall–Kier alpha value is -4.91. The van der Waals surface area contributed by atoms with E-state index < -0.39 is 40.0 Å². The summed E-state index contributed by atoms with van der Waals surface area (Å²) < 4.78 is 36.6. The topological polar surface area (TPSA) is 146 Å². The highest BCUT2D eigenvalue weighted by Crippen LogP contribution is 2.23. The molecule has 0 saturated carbocycles. The number of anilines is 1. The number of aliphatic hydroxyl groups excluding tert-OH is 1. The molecule has 0 bridgehead atoms. The minimum absolute atomic E-state index is 0.0572. The molecule has 4 aromatic rings. The van der Waals surface area contributed by atoms with Gasteiger partial charge >= 0.3 is 0 Å². The Balaban J connectivity index is 1.58. The Morgan fingerprint density at radius 1 is 0.796 bits per heavy atom. The van der Waals surface area contributed by atoms with Crippen molar-refractivity contribution in [2.24, 2.45) is 0 Å². The molecule has 3 unspecified atom stereocenters. The van der Waals surface area contributed by atoms with Crippen molar-refractivity contribution in [3.05, 3.63) is 125 Å². The van der Waals surface area contributed by atoms with Crippen molar-refractivity contribution in [2.75, 3.05) is 38.4 Å². The average Bonchev–Trinajstić information content (AvgIpc) is 3.10. The zero-order chi connectivity index (χ0) is 35.6. The van der Waals surface area contributed by atoms with E-state index in [1.807, 2.05) is 73.7 Å². The number of aliphatic hydroxyl groups is 1. The summed E-state index contributed by atoms with van der Waals surface area (Å²) in [6.45, 7) is 2.44. The van der Waals surface area contributed by atoms with Crippen LogP contribution in [0.2, 0.25) is 0 Å². The molecule has 3 atom stereocenters. The SMILES string of the molecule is COc1cccc(CNCC(O)C(Cc2ccccc2)NC(=O)c2cc(C(=O)NC(C)c3cccc(OC)c3)cc(N(C)S(C)(=O)=O)c2)c1. The van der Waals surface area contributed by atoms with E-state index in [-0.39, 0.29) is 23.4 Å². The molecular weight excluding hydrogens is 644 g/mol. The number of hydrogen-bond acceptors (Lipinski definition) is 8. The number of carbonyl (C=O) groups excluding carboxylic acids is 2. The molecule has 4 N–H and O–H groups in total. The maximum Gasteiger partial charge on any atom is 0.251 e. The monoisotopic (exact) mass is 688 g/mol. The largest absolute Gasteiger partial charge is 0.497 e. The Morgan fingerprint density at radius 2 is 1.39 bits per heavy atom. The lowest BCUT2D eigenvalue weighted by molar-refractivity contribution is 0.0830. The normalized spacial score (nSPS) is 13.1. The van der Waals surface area contributed by atoms with E-state index in [2.05, 4.69) is 16.0 Å². The van der Waals surface area contributed by atoms with Crippen molar-refractivity contribution < 1.29 is 32.6 Å². The highest BCUT2D eigenvalue weighted by Gasteiger charge is 2.25. The lowest BCUT2D eigenvalue weighted by atomic mass is 10.00. The van der Waals surface area contributed by atoms with Crippen LogP contribution in [0.4, 0.5) is 5.69 Å². The third-order valence-corrected chi connectivity index (χ3v) is 9.35. The predicted molar refractivity (Wildman–Crippen MR) is 191 cm³/mol. The Kier molecular flexibility index (Phi) is 12.8. The first-order valence-corrected chi connectivity index (χ1v) is 17.6. The molecule has 0 radical (unpaired) electrons. The molecule has 0 aliphatic rings. The van der Waals surface area contributed by atoms with E-state index in [0.29, 0.717) is 18.7 Å². The van der Waals surface area contributed by atoms with Gasteiger partial charge in [0, 0.05) is 31.3 Å². The van der Waals surface area contributed by atoms with Crippen LogP contribution in [0.25, 0.3) is 0 Å². The summed E-state index contributed by atoms with van der Waals surface area (Å²) in [6, 6.07) is 27.4. The predicted octanol–water partition coefficient (Wildman–Crippen LogP) is 4.08. The molecule has 12 heteroatoms. The Labute approximate surface area is 288 Å². The maximum absolute atomic E-state index is 13.9. The zero-order valence-corrected chi connectivity index (χ0v) is 29.2. The van der Waals surface area contributed by atoms with Gasteiger partial charge in [-0.3, -0.25) is 13.9 Å². The molecule has 4 aromatic carbocycles. The third kappa shape index (κ3) is 10.5. The van der Waals surface area contributed by atoms with Gasteiger partial charge in [0.15, 0.2) is 0 Å². The molecule has 0 saturated heterocycles. The fraction of sp³-hybridized carbons (Fsp3) is 0.297. The molecule has 0 heterocycles. The van der Waals surface area contributed by atoms with Gasteiger partial charge in [-0.05, 0) is 72.5 Å². The zero-order valence-electron chi connectivity index (χ0n) is 28.3. The number of methoxy groups -OCH3 is 2. The molecule has 260 valence electrons. The van der Waals surface area contributed by atoms with Gasteiger partial charge < -0.3 is 30.5 Å². The number of rotatable bonds is 16. The molecule has 0 aliphatic carbocycles. The van der Waals surface area contributed by atoms with E-state index in [4.69, 9.17) is 9.47 Å². The number of amides is 2. The molecule has 11 nitrogen and oxygen atoms in total. The van der Waals surface area contributed by atoms with Crippen molar-refractivity contribution >= 4 is 27.5 Å². The second kappa shape index (κ2) is 17.0. The summed E-state index contributed by atoms with van der Waals surface area (Å²) in [5, 5.41) is 20.4. The number of carbonyl (C=O) groups is 2. The van der Waals surface area contributed by atoms with Crippen molar-refractivity contribution in [3.63, 3.8) is 0 Å². The minimum atomic E-state index is -3.73. The number of sulfonamides is 1. The summed E-state index contributed by atoms with van der Waals surface area (Å²) in [6.07, 6.45) is 0.362. The van der Waals surface area contributed by atoms with Crippen LogP contribution in [0.3, 0.4) is 0 Å². The van der Waals surface area contributed by atoms with Gasteiger partial charge in [-0.15, -0.1) is 0 Å². The number of benzene rings is 4. The van der Waals surface area contributed by atoms with Gasteiger partial charge in [0.1, 0.15) is 11.5 Å². The quantitative estimate of drug-likeness (QED) is 0.138. The van der Waals surface area contributed by atoms with Crippen molar-refractivity contribution in [1.29, 1.82) is 0 Å². The summed E-state index contributed by atoms with van der Waals surface area (Å²) in [5.74, 6) is 0.278. The number of hydrogen-bond donors (Lipinski definition) is 4. The molecule has 2 amide bonds. The molecule has 0 aromatic heterocycles. The molecule has 0 spiro atoms. The van der Waals surface area contributed by atoms with Gasteiger partial charge in [-0.25, -0.2) is 8.42 Å². The van der Waals surface area contributed by atoms with Crippen LogP contribution in [-0.4, -0.2) is 71.6 Å². The lowest BCUT2D eigenvalue weighted by Crippen LogP contribution is -2.48. The van der Waals surface area contributed by atoms with Gasteiger partial charge in [-0.1, -0.05) is 54.6 Å². The molecule has 4 rings (SSSR count). The van der Waals surface area contributed by atoms with Crippen molar-refractivity contribution in [1.82, 2.24) is 16.0 Å². The van der Waals surface area contributed by atoms with Crippen LogP contribution in [0, 0.1) is 0 Å². The van der Waals surface area contributed by atoms with Crippen LogP contribution in [0.1, 0.15) is 50.4 Å². The maximum atomic E-state index is 13.9. The van der Waals surface area contributed by atoms with Crippen LogP contribution >= 0.6 is 0 Å². The van der Waals surface area contributed by atoms with Crippen LogP contribution < -0.4 is 29.7 Å². The summed E-state index contributed by atoms with van der Waals surface area (Å²) in [4.78, 5) is 27.4. The van der Waals surface area contributed by atoms with E-state index in [0.717, 1.165) is 33.0 Å². The first-order valence-electron chi connectivity index (χ1n) is 15.8. The van der Waals surface area contributed by atoms with Crippen LogP contribution in [0.5, 0.6) is 11.5 Å². The van der Waals surface area contributed by atoms with Gasteiger partial charge in [-0.2, -0.15) is 0 Å². The van der Waals surface area contributed by atoms with E-state index in [1.165, 1.54) is 25.2 Å². The molecule has 49 heavy (non-hydrogen) atoms. The molecule has 0 aliphatic heterocycles. The summed E-state index contributed by atoms with van der Waals surface area (Å²) in [5.41, 5.74) is 2.95. The third-order valence-electron chi connectivity index (χ3n) is 8.14. The smallest absolute Gasteiger partial charge is 0.251 e. The van der Waals surface area contributed by atoms with Crippen molar-refractivity contribution in [3.8, 4) is 11.5 Å². The molecule has 0 fully saturated rings. The van der Waals surface area contributed by atoms with E-state index >= 15 is 0 Å². The lowest BCUT2D eigenvalue weighted by Gasteiger charge is -2.26. The Bertz CT molecular complexity index is 1840. The van der Waals surface area contributed by atoms with E-state index in [1.54, 1.807) is 26.4 Å².